The molecule has 2 heterocycles. The number of nitrogens with two attached hydrogens (primary N) is 2. The van der Waals surface area contributed by atoms with Crippen LogP contribution in [0, 0.1) is 9.81 Å². The van der Waals surface area contributed by atoms with Gasteiger partial charge in [-0.1, -0.05) is 60.7 Å². The number of ether oxygens (including phenoxy) is 4. The molecule has 6 N–H and O–H groups in total. The molecule has 0 spiro atoms. The smallest absolute Gasteiger partial charge is 0.307 e. The summed E-state index contributed by atoms with van der Waals surface area (Å²) in [7, 11) is 0. The van der Waals surface area contributed by atoms with Crippen molar-refractivity contribution < 1.29 is 28.5 Å². The van der Waals surface area contributed by atoms with Crippen molar-refractivity contribution >= 4 is 46.8 Å². The molecule has 4 aromatic rings. The molecule has 0 unspecified atom stereocenters. The maximum atomic E-state index is 11.4. The molecule has 18 heteroatoms. The van der Waals surface area contributed by atoms with Crippen LogP contribution in [0.25, 0.3) is 0 Å². The van der Waals surface area contributed by atoms with E-state index in [1.807, 2.05) is 60.7 Å². The van der Waals surface area contributed by atoms with E-state index >= 15 is 0 Å². The van der Waals surface area contributed by atoms with Gasteiger partial charge in [-0.3, -0.25) is 9.59 Å². The van der Waals surface area contributed by atoms with E-state index in [2.05, 4.69) is 40.9 Å². The minimum Gasteiger partial charge on any atom is -0.471 e. The Bertz CT molecular complexity index is 1570. The number of nitrogen functional groups attached to an aromatic ring is 2. The Labute approximate surface area is 287 Å². The van der Waals surface area contributed by atoms with Crippen LogP contribution in [-0.2, 0) is 32.3 Å². The third-order valence-electron chi connectivity index (χ3n) is 6.21. The van der Waals surface area contributed by atoms with Gasteiger partial charge in [0.15, 0.2) is 11.6 Å². The Kier molecular flexibility index (Phi) is 15.7. The van der Waals surface area contributed by atoms with Gasteiger partial charge >= 0.3 is 11.9 Å². The number of aromatic nitrogens is 4. The molecular weight excluding hydrogens is 652 g/mol. The SMILES string of the molecule is CCOC(=O)CCNc1nc(N)nc(OCc2ccccc2)c1N=O.CCOC(=O)CCNc1nc(N)nc(OCc2ccccc2)c1N=O. The Balaban J connectivity index is 0.000000270. The topological polar surface area (TPSA) is 258 Å². The van der Waals surface area contributed by atoms with Crippen molar-refractivity contribution in [3.8, 4) is 11.8 Å². The Hall–Kier alpha value is -6.46. The number of nitroso groups, excluding NO2 is 2. The van der Waals surface area contributed by atoms with Gasteiger partial charge in [-0.15, -0.1) is 9.81 Å². The first-order valence-electron chi connectivity index (χ1n) is 15.4. The van der Waals surface area contributed by atoms with E-state index in [1.54, 1.807) is 13.8 Å². The van der Waals surface area contributed by atoms with Gasteiger partial charge in [0.25, 0.3) is 11.8 Å². The number of benzene rings is 2. The van der Waals surface area contributed by atoms with E-state index in [9.17, 15) is 19.4 Å². The van der Waals surface area contributed by atoms with Gasteiger partial charge in [0.2, 0.25) is 23.3 Å². The molecule has 18 nitrogen and oxygen atoms in total. The maximum absolute atomic E-state index is 11.4. The fraction of sp³-hybridized carbons (Fsp3) is 0.312. The summed E-state index contributed by atoms with van der Waals surface area (Å²) in [5.74, 6) is -0.709. The third kappa shape index (κ3) is 12.6. The minimum absolute atomic E-state index is 0.0232. The molecular formula is C32H38N10O8. The Morgan fingerprint density at radius 1 is 0.640 bits per heavy atom. The summed E-state index contributed by atoms with van der Waals surface area (Å²) >= 11 is 0. The number of esters is 2. The van der Waals surface area contributed by atoms with Crippen LogP contribution in [0.2, 0.25) is 0 Å². The summed E-state index contributed by atoms with van der Waals surface area (Å²) < 4.78 is 20.7. The van der Waals surface area contributed by atoms with Gasteiger partial charge in [0.1, 0.15) is 13.2 Å². The number of hydrogen-bond acceptors (Lipinski definition) is 18. The summed E-state index contributed by atoms with van der Waals surface area (Å²) in [5, 5.41) is 11.5. The van der Waals surface area contributed by atoms with Crippen molar-refractivity contribution in [1.29, 1.82) is 0 Å². The average molecular weight is 691 g/mol. The number of carbonyl (C=O) groups is 2. The molecule has 4 rings (SSSR count). The fourth-order valence-corrected chi connectivity index (χ4v) is 4.00. The van der Waals surface area contributed by atoms with Crippen LogP contribution in [-0.4, -0.2) is 58.2 Å². The van der Waals surface area contributed by atoms with Crippen molar-refractivity contribution in [1.82, 2.24) is 19.9 Å². The highest BCUT2D eigenvalue weighted by molar-refractivity contribution is 5.72. The van der Waals surface area contributed by atoms with Crippen LogP contribution in [0.5, 0.6) is 11.8 Å². The standard InChI is InChI=1S/2C16H19N5O4/c2*1-2-24-12(22)8-9-18-14-13(21-23)15(20-16(17)19-14)25-10-11-6-4-3-5-7-11/h2*3-7H,2,8-10H2,1H3,(H3,17,18,19,20). The summed E-state index contributed by atoms with van der Waals surface area (Å²) in [5.41, 5.74) is 12.9. The van der Waals surface area contributed by atoms with Crippen LogP contribution in [0.3, 0.4) is 0 Å². The molecule has 0 radical (unpaired) electrons. The van der Waals surface area contributed by atoms with Crippen molar-refractivity contribution in [2.75, 3.05) is 48.4 Å². The van der Waals surface area contributed by atoms with Gasteiger partial charge in [-0.25, -0.2) is 0 Å². The second-order valence-corrected chi connectivity index (χ2v) is 9.86. The Morgan fingerprint density at radius 3 is 1.36 bits per heavy atom. The molecule has 50 heavy (non-hydrogen) atoms. The molecule has 0 bridgehead atoms. The normalized spacial score (nSPS) is 10.1. The lowest BCUT2D eigenvalue weighted by Gasteiger charge is -2.11. The molecule has 0 aliphatic carbocycles. The number of nitrogens with zero attached hydrogens (tertiary/aromatic N) is 6. The predicted molar refractivity (Wildman–Crippen MR) is 185 cm³/mol. The summed E-state index contributed by atoms with van der Waals surface area (Å²) in [6.45, 7) is 4.86. The first kappa shape index (κ1) is 38.0. The highest BCUT2D eigenvalue weighted by Gasteiger charge is 2.18. The van der Waals surface area contributed by atoms with E-state index in [4.69, 9.17) is 30.4 Å². The monoisotopic (exact) mass is 690 g/mol. The van der Waals surface area contributed by atoms with E-state index in [1.165, 1.54) is 0 Å². The zero-order valence-electron chi connectivity index (χ0n) is 27.5. The summed E-state index contributed by atoms with van der Waals surface area (Å²) in [4.78, 5) is 60.8. The van der Waals surface area contributed by atoms with Crippen molar-refractivity contribution in [3.05, 3.63) is 81.6 Å². The molecule has 2 aromatic heterocycles. The first-order chi connectivity index (χ1) is 24.3. The maximum Gasteiger partial charge on any atom is 0.307 e. The van der Waals surface area contributed by atoms with Gasteiger partial charge in [-0.05, 0) is 35.3 Å². The molecule has 0 aliphatic heterocycles. The second-order valence-electron chi connectivity index (χ2n) is 9.86. The van der Waals surface area contributed by atoms with Crippen LogP contribution in [0.1, 0.15) is 37.8 Å². The van der Waals surface area contributed by atoms with Gasteiger partial charge in [0.05, 0.1) is 26.1 Å². The fourth-order valence-electron chi connectivity index (χ4n) is 4.00. The lowest BCUT2D eigenvalue weighted by Crippen LogP contribution is -2.13. The lowest BCUT2D eigenvalue weighted by molar-refractivity contribution is -0.143. The molecule has 0 amide bonds. The number of carbonyl (C=O) groups excluding carboxylic acids is 2. The number of rotatable bonds is 18. The zero-order chi connectivity index (χ0) is 36.1. The Morgan fingerprint density at radius 2 is 1.02 bits per heavy atom. The number of anilines is 4. The van der Waals surface area contributed by atoms with Gasteiger partial charge in [-0.2, -0.15) is 19.9 Å². The van der Waals surface area contributed by atoms with Crippen LogP contribution >= 0.6 is 0 Å². The van der Waals surface area contributed by atoms with Crippen molar-refractivity contribution in [3.63, 3.8) is 0 Å². The molecule has 0 saturated heterocycles. The summed E-state index contributed by atoms with van der Waals surface area (Å²) in [6, 6.07) is 18.7. The van der Waals surface area contributed by atoms with Crippen LogP contribution in [0.15, 0.2) is 71.0 Å². The molecule has 264 valence electrons. The average Bonchev–Trinajstić information content (AvgIpc) is 3.11. The molecule has 0 fully saturated rings. The number of nitrogens with one attached hydrogen (secondary N) is 2. The quantitative estimate of drug-likeness (QED) is 0.0807. The van der Waals surface area contributed by atoms with E-state index < -0.39 is 0 Å². The molecule has 0 saturated carbocycles. The van der Waals surface area contributed by atoms with Gasteiger partial charge in [0, 0.05) is 13.1 Å². The van der Waals surface area contributed by atoms with Crippen molar-refractivity contribution in [2.45, 2.75) is 39.9 Å². The molecule has 0 aliphatic rings. The first-order valence-corrected chi connectivity index (χ1v) is 15.4. The number of hydrogen-bond donors (Lipinski definition) is 4. The zero-order valence-corrected chi connectivity index (χ0v) is 27.5. The molecule has 0 atom stereocenters. The molecule has 2 aromatic carbocycles. The van der Waals surface area contributed by atoms with Gasteiger partial charge < -0.3 is 41.0 Å². The van der Waals surface area contributed by atoms with E-state index in [0.717, 1.165) is 11.1 Å². The highest BCUT2D eigenvalue weighted by Crippen LogP contribution is 2.34. The van der Waals surface area contributed by atoms with Crippen LogP contribution < -0.4 is 31.6 Å². The minimum atomic E-state index is -0.363. The largest absolute Gasteiger partial charge is 0.471 e. The highest BCUT2D eigenvalue weighted by atomic mass is 16.5. The van der Waals surface area contributed by atoms with Crippen molar-refractivity contribution in [2.24, 2.45) is 10.4 Å². The second kappa shape index (κ2) is 20.7. The van der Waals surface area contributed by atoms with E-state index in [-0.39, 0.29) is 97.8 Å². The predicted octanol–water partition coefficient (Wildman–Crippen LogP) is 4.80. The lowest BCUT2D eigenvalue weighted by atomic mass is 10.2. The van der Waals surface area contributed by atoms with Crippen LogP contribution in [0.4, 0.5) is 34.9 Å². The van der Waals surface area contributed by atoms with E-state index in [0.29, 0.717) is 13.2 Å². The third-order valence-corrected chi connectivity index (χ3v) is 6.21. The summed E-state index contributed by atoms with van der Waals surface area (Å²) in [6.07, 6.45) is 0.215.